The predicted molar refractivity (Wildman–Crippen MR) is 139 cm³/mol. The lowest BCUT2D eigenvalue weighted by atomic mass is 10.2. The average Bonchev–Trinajstić information content (AvgIpc) is 2.86. The summed E-state index contributed by atoms with van der Waals surface area (Å²) in [7, 11) is -9.68. The first-order valence-electron chi connectivity index (χ1n) is 11.0. The molecule has 0 heterocycles. The number of urea groups is 1. The number of aryl methyl sites for hydroxylation is 2. The van der Waals surface area contributed by atoms with E-state index in [9.17, 15) is 21.6 Å². The highest BCUT2D eigenvalue weighted by Crippen LogP contribution is 2.32. The fourth-order valence-corrected chi connectivity index (χ4v) is 7.02. The topological polar surface area (TPSA) is 91.8 Å². The van der Waals surface area contributed by atoms with Crippen molar-refractivity contribution in [2.45, 2.75) is 23.6 Å². The lowest BCUT2D eigenvalue weighted by Crippen LogP contribution is -2.47. The van der Waals surface area contributed by atoms with E-state index in [-0.39, 0.29) is 13.5 Å². The van der Waals surface area contributed by atoms with Crippen LogP contribution in [-0.2, 0) is 20.0 Å². The molecule has 0 aliphatic rings. The smallest absolute Gasteiger partial charge is 0.261 e. The molecule has 4 aromatic rings. The summed E-state index contributed by atoms with van der Waals surface area (Å²) in [5.74, 6) is 0. The zero-order valence-electron chi connectivity index (χ0n) is 19.6. The van der Waals surface area contributed by atoms with Crippen molar-refractivity contribution < 1.29 is 21.6 Å². The Bertz CT molecular complexity index is 1460. The molecule has 0 aromatic heterocycles. The van der Waals surface area contributed by atoms with Crippen molar-refractivity contribution in [2.75, 3.05) is 4.90 Å². The highest BCUT2D eigenvalue weighted by Gasteiger charge is 2.44. The van der Waals surface area contributed by atoms with Crippen molar-refractivity contribution in [1.82, 2.24) is 3.71 Å². The van der Waals surface area contributed by atoms with Gasteiger partial charge in [0.15, 0.2) is 0 Å². The monoisotopic (exact) mass is 520 g/mol. The van der Waals surface area contributed by atoms with E-state index in [0.717, 1.165) is 16.0 Å². The number of carbonyl (C=O) groups excluding carboxylic acids is 1. The molecular formula is C27H24N2O5S2. The quantitative estimate of drug-likeness (QED) is 0.328. The molecule has 0 fully saturated rings. The van der Waals surface area contributed by atoms with Gasteiger partial charge in [0.1, 0.15) is 0 Å². The van der Waals surface area contributed by atoms with E-state index in [4.69, 9.17) is 0 Å². The van der Waals surface area contributed by atoms with Crippen LogP contribution in [0.5, 0.6) is 0 Å². The maximum Gasteiger partial charge on any atom is 0.357 e. The van der Waals surface area contributed by atoms with Crippen molar-refractivity contribution in [3.63, 3.8) is 0 Å². The van der Waals surface area contributed by atoms with Crippen LogP contribution in [0.1, 0.15) is 11.1 Å². The third kappa shape index (κ3) is 4.89. The van der Waals surface area contributed by atoms with Crippen molar-refractivity contribution in [3.05, 3.63) is 120 Å². The highest BCUT2D eigenvalue weighted by molar-refractivity contribution is 8.05. The van der Waals surface area contributed by atoms with Gasteiger partial charge in [0.2, 0.25) is 0 Å². The molecule has 4 rings (SSSR count). The molecule has 0 N–H and O–H groups in total. The van der Waals surface area contributed by atoms with Gasteiger partial charge in [-0.1, -0.05) is 71.8 Å². The number of benzene rings is 4. The van der Waals surface area contributed by atoms with E-state index < -0.39 is 26.1 Å². The number of anilines is 2. The van der Waals surface area contributed by atoms with Gasteiger partial charge in [-0.15, -0.1) is 3.71 Å². The molecule has 0 saturated carbocycles. The van der Waals surface area contributed by atoms with Gasteiger partial charge in [0, 0.05) is 0 Å². The molecule has 0 aliphatic heterocycles. The zero-order valence-corrected chi connectivity index (χ0v) is 21.3. The van der Waals surface area contributed by atoms with E-state index in [1.807, 2.05) is 0 Å². The Labute approximate surface area is 211 Å². The summed E-state index contributed by atoms with van der Waals surface area (Å²) in [6, 6.07) is 26.6. The molecule has 4 aromatic carbocycles. The van der Waals surface area contributed by atoms with Gasteiger partial charge in [0.25, 0.3) is 20.0 Å². The van der Waals surface area contributed by atoms with Crippen LogP contribution >= 0.6 is 0 Å². The van der Waals surface area contributed by atoms with Crippen LogP contribution < -0.4 is 4.90 Å². The first-order valence-corrected chi connectivity index (χ1v) is 13.9. The van der Waals surface area contributed by atoms with Crippen LogP contribution in [-0.4, -0.2) is 26.6 Å². The van der Waals surface area contributed by atoms with Gasteiger partial charge < -0.3 is 0 Å². The van der Waals surface area contributed by atoms with Crippen LogP contribution in [0.25, 0.3) is 0 Å². The fraction of sp³-hybridized carbons (Fsp3) is 0.0741. The number of carbonyl (C=O) groups is 1. The normalized spacial score (nSPS) is 11.6. The minimum absolute atomic E-state index is 0.0185. The lowest BCUT2D eigenvalue weighted by molar-refractivity contribution is 0.243. The first kappa shape index (κ1) is 25.2. The molecule has 7 nitrogen and oxygen atoms in total. The van der Waals surface area contributed by atoms with E-state index in [1.165, 1.54) is 24.3 Å². The Kier molecular flexibility index (Phi) is 6.96. The standard InChI is InChI=1S/C27H24N2O5S2/c1-21-13-17-25(18-14-21)35(31,32)29(36(33,34)26-19-15-22(2)16-20-26)27(30)28(23-9-5-3-6-10-23)24-11-7-4-8-12-24/h3-20H,1-2H3. The van der Waals surface area contributed by atoms with Gasteiger partial charge in [-0.05, 0) is 62.4 Å². The number of rotatable bonds is 6. The lowest BCUT2D eigenvalue weighted by Gasteiger charge is -2.29. The molecule has 0 saturated heterocycles. The highest BCUT2D eigenvalue weighted by atomic mass is 32.3. The van der Waals surface area contributed by atoms with Crippen LogP contribution in [0.15, 0.2) is 119 Å². The van der Waals surface area contributed by atoms with Gasteiger partial charge in [-0.3, -0.25) is 4.90 Å². The van der Waals surface area contributed by atoms with Crippen LogP contribution in [0, 0.1) is 13.8 Å². The Morgan fingerprint density at radius 1 is 0.528 bits per heavy atom. The molecule has 184 valence electrons. The van der Waals surface area contributed by atoms with Crippen LogP contribution in [0.2, 0.25) is 0 Å². The molecule has 36 heavy (non-hydrogen) atoms. The molecular weight excluding hydrogens is 496 g/mol. The van der Waals surface area contributed by atoms with E-state index >= 15 is 0 Å². The summed E-state index contributed by atoms with van der Waals surface area (Å²) < 4.78 is 55.3. The third-order valence-electron chi connectivity index (χ3n) is 5.45. The first-order chi connectivity index (χ1) is 17.1. The summed E-state index contributed by atoms with van der Waals surface area (Å²) in [6.45, 7) is 3.55. The molecule has 0 bridgehead atoms. The number of hydrogen-bond donors (Lipinski definition) is 0. The minimum atomic E-state index is -4.84. The number of hydrogen-bond acceptors (Lipinski definition) is 5. The van der Waals surface area contributed by atoms with Gasteiger partial charge >= 0.3 is 6.03 Å². The summed E-state index contributed by atoms with van der Waals surface area (Å²) in [4.78, 5) is 14.5. The van der Waals surface area contributed by atoms with Gasteiger partial charge in [-0.2, -0.15) is 16.8 Å². The molecule has 0 unspecified atom stereocenters. The maximum absolute atomic E-state index is 14.1. The maximum atomic E-state index is 14.1. The molecule has 0 aliphatic carbocycles. The largest absolute Gasteiger partial charge is 0.357 e. The molecule has 0 atom stereocenters. The summed E-state index contributed by atoms with van der Waals surface area (Å²) in [5, 5.41) is 0. The number of sulfonamides is 2. The van der Waals surface area contributed by atoms with Crippen LogP contribution in [0.4, 0.5) is 16.2 Å². The van der Waals surface area contributed by atoms with Gasteiger partial charge in [-0.25, -0.2) is 4.79 Å². The van der Waals surface area contributed by atoms with Crippen molar-refractivity contribution in [3.8, 4) is 0 Å². The molecule has 0 spiro atoms. The predicted octanol–water partition coefficient (Wildman–Crippen LogP) is 5.64. The Morgan fingerprint density at radius 3 is 1.19 bits per heavy atom. The molecule has 2 amide bonds. The molecule has 0 radical (unpaired) electrons. The summed E-state index contributed by atoms with van der Waals surface area (Å²) in [6.07, 6.45) is 0. The third-order valence-corrected chi connectivity index (χ3v) is 9.55. The van der Waals surface area contributed by atoms with E-state index in [1.54, 1.807) is 98.8 Å². The minimum Gasteiger partial charge on any atom is -0.261 e. The van der Waals surface area contributed by atoms with Crippen LogP contribution in [0.3, 0.4) is 0 Å². The Morgan fingerprint density at radius 2 is 0.861 bits per heavy atom. The number of amides is 2. The second-order valence-electron chi connectivity index (χ2n) is 8.12. The summed E-state index contributed by atoms with van der Waals surface area (Å²) >= 11 is 0. The average molecular weight is 521 g/mol. The molecule has 9 heteroatoms. The zero-order chi connectivity index (χ0) is 25.9. The van der Waals surface area contributed by atoms with E-state index in [0.29, 0.717) is 11.4 Å². The second kappa shape index (κ2) is 9.96. The van der Waals surface area contributed by atoms with Gasteiger partial charge in [0.05, 0.1) is 21.2 Å². The van der Waals surface area contributed by atoms with Crippen molar-refractivity contribution >= 4 is 37.5 Å². The van der Waals surface area contributed by atoms with E-state index in [2.05, 4.69) is 0 Å². The Hall–Kier alpha value is -3.95. The van der Waals surface area contributed by atoms with Crippen molar-refractivity contribution in [2.24, 2.45) is 0 Å². The second-order valence-corrected chi connectivity index (χ2v) is 11.9. The fourth-order valence-electron chi connectivity index (χ4n) is 3.55. The van der Waals surface area contributed by atoms with Crippen molar-refractivity contribution in [1.29, 1.82) is 0 Å². The Balaban J connectivity index is 1.97. The number of para-hydroxylation sites is 2. The summed E-state index contributed by atoms with van der Waals surface area (Å²) in [5.41, 5.74) is 2.17. The SMILES string of the molecule is Cc1ccc(S(=O)(=O)N(C(=O)N(c2ccccc2)c2ccccc2)S(=O)(=O)c2ccc(C)cc2)cc1. The number of nitrogens with zero attached hydrogens (tertiary/aromatic N) is 2.